The quantitative estimate of drug-likeness (QED) is 0.165. The minimum Gasteiger partial charge on any atom is -0.455 e. The van der Waals surface area contributed by atoms with Crippen LogP contribution in [-0.2, 0) is 16.2 Å². The van der Waals surface area contributed by atoms with Crippen LogP contribution in [0.1, 0.15) is 79.0 Å². The molecule has 0 aliphatic carbocycles. The largest absolute Gasteiger partial charge is 0.455 e. The minimum absolute atomic E-state index is 0.0348. The van der Waals surface area contributed by atoms with Gasteiger partial charge < -0.3 is 14.1 Å². The fourth-order valence-corrected chi connectivity index (χ4v) is 9.22. The molecule has 0 saturated heterocycles. The third-order valence-electron chi connectivity index (χ3n) is 12.3. The van der Waals surface area contributed by atoms with Gasteiger partial charge in [-0.05, 0) is 109 Å². The summed E-state index contributed by atoms with van der Waals surface area (Å²) < 4.78 is 6.94. The molecule has 0 saturated carbocycles. The number of furan rings is 1. The Hall–Kier alpha value is -5.74. The lowest BCUT2D eigenvalue weighted by atomic mass is 9.43. The summed E-state index contributed by atoms with van der Waals surface area (Å²) in [7, 11) is 0. The molecule has 0 radical (unpaired) electrons. The van der Waals surface area contributed by atoms with Crippen molar-refractivity contribution in [3.8, 4) is 11.1 Å². The van der Waals surface area contributed by atoms with Gasteiger partial charge in [0.2, 0.25) is 0 Å². The van der Waals surface area contributed by atoms with Gasteiger partial charge in [-0.1, -0.05) is 141 Å². The maximum atomic E-state index is 6.94. The van der Waals surface area contributed by atoms with Crippen molar-refractivity contribution in [1.29, 1.82) is 0 Å². The van der Waals surface area contributed by atoms with E-state index in [1.165, 1.54) is 61.0 Å². The zero-order chi connectivity index (χ0) is 38.9. The predicted molar refractivity (Wildman–Crippen MR) is 241 cm³/mol. The molecule has 0 unspecified atom stereocenters. The van der Waals surface area contributed by atoms with Crippen molar-refractivity contribution >= 4 is 78.9 Å². The van der Waals surface area contributed by atoms with Gasteiger partial charge in [-0.2, -0.15) is 0 Å². The van der Waals surface area contributed by atoms with E-state index in [9.17, 15) is 0 Å². The van der Waals surface area contributed by atoms with Gasteiger partial charge in [-0.3, -0.25) is 0 Å². The number of fused-ring (bicyclic) bond motifs is 10. The van der Waals surface area contributed by atoms with E-state index in [4.69, 9.17) is 4.42 Å². The van der Waals surface area contributed by atoms with Crippen molar-refractivity contribution in [3.05, 3.63) is 150 Å². The van der Waals surface area contributed by atoms with Gasteiger partial charge in [0.15, 0.2) is 0 Å². The Morgan fingerprint density at radius 2 is 1.07 bits per heavy atom. The van der Waals surface area contributed by atoms with Crippen LogP contribution in [0.2, 0.25) is 0 Å². The van der Waals surface area contributed by atoms with E-state index >= 15 is 0 Å². The Labute approximate surface area is 331 Å². The maximum absolute atomic E-state index is 6.94. The predicted octanol–water partition coefficient (Wildman–Crippen LogP) is 13.3. The monoisotopic (exact) mass is 728 g/mol. The van der Waals surface area contributed by atoms with Crippen molar-refractivity contribution in [2.75, 3.05) is 9.71 Å². The number of hydrogen-bond acceptors (Lipinski definition) is 3. The fraction of sp³-hybridized carbons (Fsp3) is 0.231. The normalized spacial score (nSPS) is 14.1. The molecule has 0 spiro atoms. The van der Waals surface area contributed by atoms with Crippen LogP contribution in [0.5, 0.6) is 0 Å². The van der Waals surface area contributed by atoms with Crippen LogP contribution in [0.4, 0.5) is 28.4 Å². The third-order valence-corrected chi connectivity index (χ3v) is 12.3. The first-order chi connectivity index (χ1) is 26.7. The molecule has 0 fully saturated rings. The lowest BCUT2D eigenvalue weighted by Crippen LogP contribution is -2.61. The van der Waals surface area contributed by atoms with Gasteiger partial charge in [-0.15, -0.1) is 0 Å². The number of para-hydroxylation sites is 1. The highest BCUT2D eigenvalue weighted by Crippen LogP contribution is 2.52. The van der Waals surface area contributed by atoms with E-state index < -0.39 is 0 Å². The molecular weight excluding hydrogens is 679 g/mol. The summed E-state index contributed by atoms with van der Waals surface area (Å²) in [6.07, 6.45) is 0. The van der Waals surface area contributed by atoms with E-state index in [0.717, 1.165) is 38.9 Å². The molecule has 3 nitrogen and oxygen atoms in total. The summed E-state index contributed by atoms with van der Waals surface area (Å²) >= 11 is 0. The molecule has 276 valence electrons. The SMILES string of the molecule is CC(C)(C)c1ccc(N2B3c4cc(C(C)(C)C)ccc4N(c4ccc(C(C)(C)C)cc4)c4c3c(cc3ccccc43)-c3c2ccc2c3oc3ccccc32)cc1. The molecule has 56 heavy (non-hydrogen) atoms. The second kappa shape index (κ2) is 11.9. The molecule has 3 heterocycles. The van der Waals surface area contributed by atoms with E-state index in [0.29, 0.717) is 0 Å². The Balaban J connectivity index is 1.37. The van der Waals surface area contributed by atoms with Crippen LogP contribution >= 0.6 is 0 Å². The topological polar surface area (TPSA) is 19.6 Å². The molecule has 0 atom stereocenters. The van der Waals surface area contributed by atoms with E-state index in [1.54, 1.807) is 0 Å². The summed E-state index contributed by atoms with van der Waals surface area (Å²) in [6, 6.07) is 50.3. The first-order valence-corrected chi connectivity index (χ1v) is 20.1. The van der Waals surface area contributed by atoms with Crippen LogP contribution in [-0.4, -0.2) is 6.85 Å². The number of nitrogens with zero attached hydrogens (tertiary/aromatic N) is 2. The molecule has 8 aromatic rings. The molecule has 2 aliphatic heterocycles. The standard InChI is InChI=1S/C52H49BN2O/c1-50(2,3)33-18-23-36(24-19-33)54-43-28-22-35(52(7,8)9)31-42(43)53-47-41(30-32-14-10-11-15-38(32)48(47)54)46-44(55(53)37-25-20-34(21-26-37)51(4,5)6)29-27-40-39-16-12-13-17-45(39)56-49(40)46/h10-31H,1-9H3. The van der Waals surface area contributed by atoms with Gasteiger partial charge in [0.25, 0.3) is 0 Å². The molecule has 7 aromatic carbocycles. The van der Waals surface area contributed by atoms with Crippen LogP contribution in [0.25, 0.3) is 43.8 Å². The number of hydrogen-bond donors (Lipinski definition) is 0. The van der Waals surface area contributed by atoms with Crippen molar-refractivity contribution in [2.45, 2.75) is 78.6 Å². The van der Waals surface area contributed by atoms with Crippen molar-refractivity contribution < 1.29 is 4.42 Å². The minimum atomic E-state index is -0.0955. The van der Waals surface area contributed by atoms with Crippen LogP contribution in [0, 0.1) is 0 Å². The van der Waals surface area contributed by atoms with Gasteiger partial charge >= 0.3 is 6.85 Å². The zero-order valence-electron chi connectivity index (χ0n) is 34.1. The first-order valence-electron chi connectivity index (χ1n) is 20.1. The maximum Gasteiger partial charge on any atom is 0.333 e. The molecule has 4 heteroatoms. The zero-order valence-corrected chi connectivity index (χ0v) is 34.1. The average Bonchev–Trinajstić information content (AvgIpc) is 3.55. The van der Waals surface area contributed by atoms with Gasteiger partial charge in [-0.25, -0.2) is 0 Å². The van der Waals surface area contributed by atoms with Crippen LogP contribution in [0.15, 0.2) is 138 Å². The van der Waals surface area contributed by atoms with Gasteiger partial charge in [0.1, 0.15) is 11.2 Å². The average molecular weight is 729 g/mol. The molecule has 0 bridgehead atoms. The highest BCUT2D eigenvalue weighted by Gasteiger charge is 2.47. The summed E-state index contributed by atoms with van der Waals surface area (Å²) in [5.74, 6) is 0. The summed E-state index contributed by atoms with van der Waals surface area (Å²) in [6.45, 7) is 20.6. The Morgan fingerprint density at radius 1 is 0.500 bits per heavy atom. The fourth-order valence-electron chi connectivity index (χ4n) is 9.22. The lowest BCUT2D eigenvalue weighted by molar-refractivity contribution is 0.590. The highest BCUT2D eigenvalue weighted by atomic mass is 16.3. The third kappa shape index (κ3) is 5.18. The Morgan fingerprint density at radius 3 is 1.73 bits per heavy atom. The van der Waals surface area contributed by atoms with Crippen molar-refractivity contribution in [2.24, 2.45) is 0 Å². The Bertz CT molecular complexity index is 2860. The molecule has 1 aromatic heterocycles. The van der Waals surface area contributed by atoms with Gasteiger partial charge in [0.05, 0.1) is 5.69 Å². The number of rotatable bonds is 2. The molecular formula is C52H49BN2O. The second-order valence-electron chi connectivity index (χ2n) is 19.1. The number of anilines is 5. The number of benzene rings is 7. The molecule has 10 rings (SSSR count). The molecule has 0 amide bonds. The molecule has 0 N–H and O–H groups in total. The van der Waals surface area contributed by atoms with E-state index in [-0.39, 0.29) is 23.1 Å². The summed E-state index contributed by atoms with van der Waals surface area (Å²) in [5.41, 5.74) is 16.8. The Kier molecular flexibility index (Phi) is 7.37. The van der Waals surface area contributed by atoms with Crippen molar-refractivity contribution in [1.82, 2.24) is 0 Å². The van der Waals surface area contributed by atoms with Crippen LogP contribution in [0.3, 0.4) is 0 Å². The summed E-state index contributed by atoms with van der Waals surface area (Å²) in [4.78, 5) is 5.16. The highest BCUT2D eigenvalue weighted by molar-refractivity contribution is 6.94. The van der Waals surface area contributed by atoms with Crippen LogP contribution < -0.4 is 20.6 Å². The van der Waals surface area contributed by atoms with E-state index in [1.807, 2.05) is 0 Å². The smallest absolute Gasteiger partial charge is 0.333 e. The van der Waals surface area contributed by atoms with Crippen molar-refractivity contribution in [3.63, 3.8) is 0 Å². The first kappa shape index (κ1) is 34.7. The molecule has 2 aliphatic rings. The van der Waals surface area contributed by atoms with Gasteiger partial charge in [0, 0.05) is 44.5 Å². The lowest BCUT2D eigenvalue weighted by Gasteiger charge is -2.46. The van der Waals surface area contributed by atoms with E-state index in [2.05, 4.69) is 205 Å². The second-order valence-corrected chi connectivity index (χ2v) is 19.1. The summed E-state index contributed by atoms with van der Waals surface area (Å²) in [5, 5.41) is 4.74.